The predicted octanol–water partition coefficient (Wildman–Crippen LogP) is 7.74. The highest BCUT2D eigenvalue weighted by Crippen LogP contribution is 2.41. The van der Waals surface area contributed by atoms with Crippen LogP contribution in [-0.4, -0.2) is 0 Å². The first-order chi connectivity index (χ1) is 10.8. The molecule has 3 saturated carbocycles. The number of hydrogen-bond acceptors (Lipinski definition) is 0. The van der Waals surface area contributed by atoms with E-state index in [0.717, 1.165) is 41.4 Å². The molecule has 0 radical (unpaired) electrons. The zero-order chi connectivity index (χ0) is 17.4. The van der Waals surface area contributed by atoms with E-state index in [-0.39, 0.29) is 0 Å². The van der Waals surface area contributed by atoms with Crippen molar-refractivity contribution >= 4 is 0 Å². The molecular formula is C23H44. The molecule has 0 heteroatoms. The van der Waals surface area contributed by atoms with Crippen LogP contribution in [0.1, 0.15) is 93.4 Å². The van der Waals surface area contributed by atoms with Crippen LogP contribution in [0.15, 0.2) is 12.2 Å². The summed E-state index contributed by atoms with van der Waals surface area (Å²) < 4.78 is 0. The van der Waals surface area contributed by atoms with Gasteiger partial charge in [0.2, 0.25) is 0 Å². The first-order valence-corrected chi connectivity index (χ1v) is 10.5. The summed E-state index contributed by atoms with van der Waals surface area (Å²) in [7, 11) is 0. The fraction of sp³-hybridized carbons (Fsp3) is 0.913. The molecule has 136 valence electrons. The second-order valence-corrected chi connectivity index (χ2v) is 9.34. The molecule has 0 amide bonds. The van der Waals surface area contributed by atoms with Gasteiger partial charge >= 0.3 is 0 Å². The summed E-state index contributed by atoms with van der Waals surface area (Å²) in [5, 5.41) is 0. The minimum absolute atomic E-state index is 0.884. The van der Waals surface area contributed by atoms with Crippen molar-refractivity contribution in [2.75, 3.05) is 0 Å². The molecule has 0 aromatic heterocycles. The molecule has 0 aromatic carbocycles. The Kier molecular flexibility index (Phi) is 9.55. The van der Waals surface area contributed by atoms with Gasteiger partial charge in [-0.1, -0.05) is 86.3 Å². The van der Waals surface area contributed by atoms with Gasteiger partial charge in [0.25, 0.3) is 0 Å². The van der Waals surface area contributed by atoms with Gasteiger partial charge in [-0.2, -0.15) is 0 Å². The SMILES string of the molecule is CC(C)C1CCC1.CC1CC(C=CC2CC2C)C1.CCC(C)C. The fourth-order valence-electron chi connectivity index (χ4n) is 3.15. The molecule has 3 aliphatic rings. The lowest BCUT2D eigenvalue weighted by molar-refractivity contribution is 0.235. The van der Waals surface area contributed by atoms with Crippen molar-refractivity contribution in [1.82, 2.24) is 0 Å². The van der Waals surface area contributed by atoms with E-state index in [0.29, 0.717) is 0 Å². The van der Waals surface area contributed by atoms with Gasteiger partial charge in [-0.25, -0.2) is 0 Å². The van der Waals surface area contributed by atoms with Crippen LogP contribution in [0.25, 0.3) is 0 Å². The number of rotatable bonds is 4. The molecule has 3 aliphatic carbocycles. The van der Waals surface area contributed by atoms with Crippen LogP contribution in [0, 0.1) is 41.4 Å². The van der Waals surface area contributed by atoms with Gasteiger partial charge < -0.3 is 0 Å². The van der Waals surface area contributed by atoms with Gasteiger partial charge in [0.15, 0.2) is 0 Å². The third-order valence-corrected chi connectivity index (χ3v) is 6.12. The first-order valence-electron chi connectivity index (χ1n) is 10.5. The molecule has 0 nitrogen and oxygen atoms in total. The van der Waals surface area contributed by atoms with E-state index in [9.17, 15) is 0 Å². The Morgan fingerprint density at radius 3 is 1.65 bits per heavy atom. The largest absolute Gasteiger partial charge is 0.0851 e. The Balaban J connectivity index is 0.000000191. The monoisotopic (exact) mass is 320 g/mol. The molecule has 0 N–H and O–H groups in total. The van der Waals surface area contributed by atoms with Crippen LogP contribution >= 0.6 is 0 Å². The molecule has 0 aliphatic heterocycles. The highest BCUT2D eigenvalue weighted by atomic mass is 14.4. The standard InChI is InChI=1S/C11H18.C7H14.C5H12/c1-8-5-10(6-8)3-4-11-7-9(11)2;1-6(2)7-4-3-5-7;1-4-5(2)3/h3-4,8-11H,5-7H2,1-2H3;6-7H,3-5H2,1-2H3;5H,4H2,1-3H3. The minimum Gasteiger partial charge on any atom is -0.0851 e. The van der Waals surface area contributed by atoms with Gasteiger partial charge in [-0.3, -0.25) is 0 Å². The van der Waals surface area contributed by atoms with Gasteiger partial charge in [0.05, 0.1) is 0 Å². The third kappa shape index (κ3) is 8.96. The average Bonchev–Trinajstić information content (AvgIpc) is 3.08. The molecule has 0 aromatic rings. The Bertz CT molecular complexity index is 315. The van der Waals surface area contributed by atoms with E-state index < -0.39 is 0 Å². The molecule has 0 spiro atoms. The van der Waals surface area contributed by atoms with E-state index in [2.05, 4.69) is 60.6 Å². The third-order valence-electron chi connectivity index (χ3n) is 6.12. The highest BCUT2D eigenvalue weighted by Gasteiger charge is 2.30. The van der Waals surface area contributed by atoms with Crippen LogP contribution in [0.2, 0.25) is 0 Å². The van der Waals surface area contributed by atoms with E-state index in [1.165, 1.54) is 44.9 Å². The average molecular weight is 321 g/mol. The van der Waals surface area contributed by atoms with Crippen LogP contribution < -0.4 is 0 Å². The van der Waals surface area contributed by atoms with Crippen molar-refractivity contribution in [2.45, 2.75) is 93.4 Å². The number of hydrogen-bond donors (Lipinski definition) is 0. The normalized spacial score (nSPS) is 32.6. The van der Waals surface area contributed by atoms with Crippen molar-refractivity contribution in [1.29, 1.82) is 0 Å². The molecule has 0 heterocycles. The maximum atomic E-state index is 2.47. The summed E-state index contributed by atoms with van der Waals surface area (Å²) in [6, 6.07) is 0. The lowest BCUT2D eigenvalue weighted by Gasteiger charge is -2.30. The zero-order valence-corrected chi connectivity index (χ0v) is 17.1. The summed E-state index contributed by atoms with van der Waals surface area (Å²) in [4.78, 5) is 0. The van der Waals surface area contributed by atoms with E-state index >= 15 is 0 Å². The van der Waals surface area contributed by atoms with Gasteiger partial charge in [0.1, 0.15) is 0 Å². The summed E-state index contributed by atoms with van der Waals surface area (Å²) in [5.41, 5.74) is 0. The van der Waals surface area contributed by atoms with Crippen LogP contribution in [-0.2, 0) is 0 Å². The topological polar surface area (TPSA) is 0 Å². The lowest BCUT2D eigenvalue weighted by Crippen LogP contribution is -2.18. The lowest BCUT2D eigenvalue weighted by atomic mass is 9.76. The molecule has 3 fully saturated rings. The first kappa shape index (κ1) is 20.8. The maximum Gasteiger partial charge on any atom is -0.0205 e. The van der Waals surface area contributed by atoms with Gasteiger partial charge in [-0.15, -0.1) is 0 Å². The van der Waals surface area contributed by atoms with Crippen LogP contribution in [0.5, 0.6) is 0 Å². The van der Waals surface area contributed by atoms with E-state index in [4.69, 9.17) is 0 Å². The van der Waals surface area contributed by atoms with Crippen LogP contribution in [0.4, 0.5) is 0 Å². The summed E-state index contributed by atoms with van der Waals surface area (Å²) in [6.07, 6.45) is 15.0. The molecule has 23 heavy (non-hydrogen) atoms. The summed E-state index contributed by atoms with van der Waals surface area (Å²) in [5.74, 6) is 6.80. The molecular weight excluding hydrogens is 276 g/mol. The second kappa shape index (κ2) is 10.6. The highest BCUT2D eigenvalue weighted by molar-refractivity contribution is 5.04. The summed E-state index contributed by atoms with van der Waals surface area (Å²) >= 11 is 0. The Morgan fingerprint density at radius 2 is 1.43 bits per heavy atom. The smallest absolute Gasteiger partial charge is 0.0205 e. The van der Waals surface area contributed by atoms with E-state index in [1.807, 2.05) is 0 Å². The molecule has 0 bridgehead atoms. The van der Waals surface area contributed by atoms with Crippen molar-refractivity contribution in [3.05, 3.63) is 12.2 Å². The Labute approximate surface area is 147 Å². The molecule has 0 saturated heterocycles. The second-order valence-electron chi connectivity index (χ2n) is 9.34. The van der Waals surface area contributed by atoms with Crippen LogP contribution in [0.3, 0.4) is 0 Å². The van der Waals surface area contributed by atoms with Gasteiger partial charge in [0, 0.05) is 0 Å². The predicted molar refractivity (Wildman–Crippen MR) is 106 cm³/mol. The van der Waals surface area contributed by atoms with Crippen molar-refractivity contribution < 1.29 is 0 Å². The fourth-order valence-corrected chi connectivity index (χ4v) is 3.15. The Morgan fingerprint density at radius 1 is 0.913 bits per heavy atom. The van der Waals surface area contributed by atoms with Crippen molar-refractivity contribution in [3.8, 4) is 0 Å². The molecule has 2 atom stereocenters. The van der Waals surface area contributed by atoms with Crippen molar-refractivity contribution in [2.24, 2.45) is 41.4 Å². The number of allylic oxidation sites excluding steroid dienone is 2. The van der Waals surface area contributed by atoms with Crippen molar-refractivity contribution in [3.63, 3.8) is 0 Å². The summed E-state index contributed by atoms with van der Waals surface area (Å²) in [6.45, 7) is 16.0. The zero-order valence-electron chi connectivity index (χ0n) is 17.1. The maximum absolute atomic E-state index is 2.47. The van der Waals surface area contributed by atoms with Gasteiger partial charge in [-0.05, 0) is 60.7 Å². The molecule has 3 rings (SSSR count). The molecule has 2 unspecified atom stereocenters. The van der Waals surface area contributed by atoms with E-state index in [1.54, 1.807) is 0 Å². The Hall–Kier alpha value is -0.260. The minimum atomic E-state index is 0.884. The quantitative estimate of drug-likeness (QED) is 0.465.